The summed E-state index contributed by atoms with van der Waals surface area (Å²) in [5, 5.41) is 6.32. The van der Waals surface area contributed by atoms with Crippen molar-refractivity contribution in [3.63, 3.8) is 0 Å². The number of nitrogens with zero attached hydrogens (tertiary/aromatic N) is 2. The van der Waals surface area contributed by atoms with E-state index in [0.29, 0.717) is 29.8 Å². The van der Waals surface area contributed by atoms with Crippen molar-refractivity contribution < 1.29 is 8.42 Å². The third kappa shape index (κ3) is 3.23. The molecule has 2 rings (SSSR count). The Morgan fingerprint density at radius 1 is 1.56 bits per heavy atom. The highest BCUT2D eigenvalue weighted by Crippen LogP contribution is 2.22. The van der Waals surface area contributed by atoms with Crippen molar-refractivity contribution in [3.05, 3.63) is 11.2 Å². The summed E-state index contributed by atoms with van der Waals surface area (Å²) in [6, 6.07) is 0. The van der Waals surface area contributed by atoms with Crippen LogP contribution >= 0.6 is 11.6 Å². The van der Waals surface area contributed by atoms with Crippen molar-refractivity contribution in [2.24, 2.45) is 5.92 Å². The molecular weight excluding hydrogens is 276 g/mol. The van der Waals surface area contributed by atoms with Crippen LogP contribution in [0.2, 0.25) is 5.02 Å². The van der Waals surface area contributed by atoms with Crippen LogP contribution in [0.1, 0.15) is 6.42 Å². The topological polar surface area (TPSA) is 84.0 Å². The van der Waals surface area contributed by atoms with Gasteiger partial charge in [-0.1, -0.05) is 11.6 Å². The van der Waals surface area contributed by atoms with E-state index in [-0.39, 0.29) is 17.4 Å². The monoisotopic (exact) mass is 290 g/mol. The summed E-state index contributed by atoms with van der Waals surface area (Å²) in [4.78, 5) is 8.14. The Bertz CT molecular complexity index is 535. The second kappa shape index (κ2) is 5.27. The molecule has 1 aromatic heterocycles. The molecule has 1 fully saturated rings. The fourth-order valence-corrected chi connectivity index (χ4v) is 3.91. The van der Waals surface area contributed by atoms with E-state index < -0.39 is 9.84 Å². The first-order chi connectivity index (χ1) is 8.50. The molecule has 0 amide bonds. The zero-order valence-corrected chi connectivity index (χ0v) is 11.6. The van der Waals surface area contributed by atoms with E-state index in [2.05, 4.69) is 20.6 Å². The maximum absolute atomic E-state index is 11.3. The number of aromatic nitrogens is 2. The Hall–Kier alpha value is -1.08. The third-order valence-corrected chi connectivity index (χ3v) is 4.97. The summed E-state index contributed by atoms with van der Waals surface area (Å²) in [6.07, 6.45) is 2.20. The van der Waals surface area contributed by atoms with Gasteiger partial charge in [-0.3, -0.25) is 0 Å². The zero-order chi connectivity index (χ0) is 13.2. The smallest absolute Gasteiger partial charge is 0.224 e. The van der Waals surface area contributed by atoms with Crippen LogP contribution in [-0.2, 0) is 9.84 Å². The Balaban J connectivity index is 1.98. The Morgan fingerprint density at radius 3 is 2.94 bits per heavy atom. The number of anilines is 2. The molecule has 0 aromatic carbocycles. The Kier molecular flexibility index (Phi) is 3.91. The second-order valence-corrected chi connectivity index (χ2v) is 6.93. The number of nitrogens with one attached hydrogen (secondary N) is 2. The van der Waals surface area contributed by atoms with Crippen molar-refractivity contribution in [2.45, 2.75) is 6.42 Å². The third-order valence-electron chi connectivity index (χ3n) is 2.85. The number of halogens is 1. The van der Waals surface area contributed by atoms with Crippen LogP contribution in [0.3, 0.4) is 0 Å². The summed E-state index contributed by atoms with van der Waals surface area (Å²) in [6.45, 7) is 0.555. The number of hydrogen-bond acceptors (Lipinski definition) is 6. The average molecular weight is 291 g/mol. The Labute approximate surface area is 111 Å². The molecule has 1 atom stereocenters. The van der Waals surface area contributed by atoms with Gasteiger partial charge in [-0.05, 0) is 12.3 Å². The molecule has 18 heavy (non-hydrogen) atoms. The van der Waals surface area contributed by atoms with E-state index in [1.54, 1.807) is 7.05 Å². The van der Waals surface area contributed by atoms with Gasteiger partial charge in [-0.25, -0.2) is 13.4 Å². The van der Waals surface area contributed by atoms with Gasteiger partial charge < -0.3 is 10.6 Å². The number of sulfone groups is 1. The quantitative estimate of drug-likeness (QED) is 0.861. The number of rotatable bonds is 4. The van der Waals surface area contributed by atoms with Gasteiger partial charge in [-0.2, -0.15) is 4.98 Å². The molecule has 1 unspecified atom stereocenters. The predicted molar refractivity (Wildman–Crippen MR) is 71.8 cm³/mol. The molecule has 6 nitrogen and oxygen atoms in total. The molecule has 0 aliphatic carbocycles. The minimum atomic E-state index is -2.84. The largest absolute Gasteiger partial charge is 0.368 e. The minimum Gasteiger partial charge on any atom is -0.368 e. The van der Waals surface area contributed by atoms with E-state index >= 15 is 0 Å². The lowest BCUT2D eigenvalue weighted by Gasteiger charge is -2.11. The van der Waals surface area contributed by atoms with Crippen LogP contribution in [0.15, 0.2) is 6.20 Å². The maximum atomic E-state index is 11.3. The lowest BCUT2D eigenvalue weighted by Crippen LogP contribution is -2.16. The highest BCUT2D eigenvalue weighted by atomic mass is 35.5. The molecule has 0 spiro atoms. The van der Waals surface area contributed by atoms with Crippen LogP contribution in [0.5, 0.6) is 0 Å². The molecule has 0 saturated carbocycles. The fourth-order valence-electron chi connectivity index (χ4n) is 1.89. The highest BCUT2D eigenvalue weighted by molar-refractivity contribution is 7.91. The van der Waals surface area contributed by atoms with Crippen LogP contribution in [0.25, 0.3) is 0 Å². The summed E-state index contributed by atoms with van der Waals surface area (Å²) in [5.41, 5.74) is 0. The molecule has 0 radical (unpaired) electrons. The molecule has 100 valence electrons. The van der Waals surface area contributed by atoms with Gasteiger partial charge in [0.05, 0.1) is 17.7 Å². The molecule has 1 aliphatic heterocycles. The molecule has 0 bridgehead atoms. The van der Waals surface area contributed by atoms with E-state index in [4.69, 9.17) is 11.6 Å². The lowest BCUT2D eigenvalue weighted by molar-refractivity contribution is 0.595. The molecular formula is C10H15ClN4O2S. The first-order valence-electron chi connectivity index (χ1n) is 5.65. The van der Waals surface area contributed by atoms with Crippen molar-refractivity contribution in [1.29, 1.82) is 0 Å². The van der Waals surface area contributed by atoms with Crippen LogP contribution in [0, 0.1) is 5.92 Å². The molecule has 1 saturated heterocycles. The van der Waals surface area contributed by atoms with Gasteiger partial charge in [0.2, 0.25) is 5.95 Å². The summed E-state index contributed by atoms with van der Waals surface area (Å²) in [7, 11) is -1.12. The van der Waals surface area contributed by atoms with Gasteiger partial charge in [0.1, 0.15) is 10.8 Å². The van der Waals surface area contributed by atoms with Gasteiger partial charge in [0.25, 0.3) is 0 Å². The first-order valence-corrected chi connectivity index (χ1v) is 7.84. The van der Waals surface area contributed by atoms with Crippen LogP contribution < -0.4 is 10.6 Å². The second-order valence-electron chi connectivity index (χ2n) is 4.29. The maximum Gasteiger partial charge on any atom is 0.224 e. The standard InChI is InChI=1S/C10H15ClN4O2S/c1-12-10-14-5-8(11)9(15-10)13-4-7-2-3-18(16,17)6-7/h5,7H,2-4,6H2,1H3,(H2,12,13,14,15). The van der Waals surface area contributed by atoms with E-state index in [1.165, 1.54) is 6.20 Å². The van der Waals surface area contributed by atoms with E-state index in [1.807, 2.05) is 0 Å². The molecule has 2 heterocycles. The minimum absolute atomic E-state index is 0.124. The van der Waals surface area contributed by atoms with E-state index in [9.17, 15) is 8.42 Å². The first kappa shape index (κ1) is 13.4. The molecule has 8 heteroatoms. The van der Waals surface area contributed by atoms with Crippen LogP contribution in [-0.4, -0.2) is 43.5 Å². The molecule has 1 aromatic rings. The predicted octanol–water partition coefficient (Wildman–Crippen LogP) is 1.02. The SMILES string of the molecule is CNc1ncc(Cl)c(NCC2CCS(=O)(=O)C2)n1. The summed E-state index contributed by atoms with van der Waals surface area (Å²) in [5.74, 6) is 1.64. The van der Waals surface area contributed by atoms with Gasteiger partial charge in [0, 0.05) is 13.6 Å². The van der Waals surface area contributed by atoms with Crippen molar-refractivity contribution in [2.75, 3.05) is 35.7 Å². The van der Waals surface area contributed by atoms with Crippen molar-refractivity contribution >= 4 is 33.2 Å². The molecule has 1 aliphatic rings. The lowest BCUT2D eigenvalue weighted by atomic mass is 10.1. The average Bonchev–Trinajstić information content (AvgIpc) is 2.68. The summed E-state index contributed by atoms with van der Waals surface area (Å²) >= 11 is 5.96. The Morgan fingerprint density at radius 2 is 2.33 bits per heavy atom. The molecule has 2 N–H and O–H groups in total. The highest BCUT2D eigenvalue weighted by Gasteiger charge is 2.27. The zero-order valence-electron chi connectivity index (χ0n) is 9.98. The van der Waals surface area contributed by atoms with Crippen LogP contribution in [0.4, 0.5) is 11.8 Å². The normalized spacial score (nSPS) is 21.8. The number of hydrogen-bond donors (Lipinski definition) is 2. The summed E-state index contributed by atoms with van der Waals surface area (Å²) < 4.78 is 22.7. The van der Waals surface area contributed by atoms with Gasteiger partial charge in [-0.15, -0.1) is 0 Å². The van der Waals surface area contributed by atoms with Crippen molar-refractivity contribution in [3.8, 4) is 0 Å². The van der Waals surface area contributed by atoms with E-state index in [0.717, 1.165) is 0 Å². The fraction of sp³-hybridized carbons (Fsp3) is 0.600. The van der Waals surface area contributed by atoms with Crippen molar-refractivity contribution in [1.82, 2.24) is 9.97 Å². The van der Waals surface area contributed by atoms with Gasteiger partial charge >= 0.3 is 0 Å². The van der Waals surface area contributed by atoms with Gasteiger partial charge in [0.15, 0.2) is 9.84 Å².